The summed E-state index contributed by atoms with van der Waals surface area (Å²) in [4.78, 5) is 2.35. The molecule has 1 aliphatic heterocycles. The number of hydrogen-bond donors (Lipinski definition) is 3. The van der Waals surface area contributed by atoms with Gasteiger partial charge < -0.3 is 25.5 Å². The average Bonchev–Trinajstić information content (AvgIpc) is 3.06. The lowest BCUT2D eigenvalue weighted by molar-refractivity contribution is 0.399. The van der Waals surface area contributed by atoms with Gasteiger partial charge in [-0.2, -0.15) is 0 Å². The fourth-order valence-electron chi connectivity index (χ4n) is 5.22. The van der Waals surface area contributed by atoms with E-state index in [1.165, 1.54) is 29.2 Å². The van der Waals surface area contributed by atoms with Gasteiger partial charge in [-0.05, 0) is 83.6 Å². The molecule has 7 nitrogen and oxygen atoms in total. The maximum absolute atomic E-state index is 6.98. The molecule has 0 fully saturated rings. The summed E-state index contributed by atoms with van der Waals surface area (Å²) >= 11 is 4.87. The molecule has 2 aromatic rings. The quantitative estimate of drug-likeness (QED) is 0.0385. The highest BCUT2D eigenvalue weighted by molar-refractivity contribution is 7.80. The Balaban J connectivity index is 0.000000409. The van der Waals surface area contributed by atoms with Crippen molar-refractivity contribution in [2.75, 3.05) is 45.2 Å². The fraction of sp³-hybridized carbons (Fsp3) is 0.417. The fourth-order valence-corrected chi connectivity index (χ4v) is 5.36. The lowest BCUT2D eigenvalue weighted by Gasteiger charge is -2.22. The van der Waals surface area contributed by atoms with Crippen molar-refractivity contribution in [2.24, 2.45) is 11.5 Å². The summed E-state index contributed by atoms with van der Waals surface area (Å²) in [6, 6.07) is 23.9. The summed E-state index contributed by atoms with van der Waals surface area (Å²) in [6.07, 6.45) is 4.59. The molecule has 1 heterocycles. The van der Waals surface area contributed by atoms with Gasteiger partial charge in [0, 0.05) is 60.3 Å². The molecule has 238 valence electrons. The van der Waals surface area contributed by atoms with E-state index in [0.717, 1.165) is 74.2 Å². The molecule has 4 rings (SSSR count). The highest BCUT2D eigenvalue weighted by Gasteiger charge is 2.19. The van der Waals surface area contributed by atoms with Crippen LogP contribution in [0.3, 0.4) is 0 Å². The minimum atomic E-state index is 0.268. The van der Waals surface area contributed by atoms with Crippen LogP contribution in [0, 0.1) is 5.41 Å². The van der Waals surface area contributed by atoms with Crippen molar-refractivity contribution in [3.63, 3.8) is 0 Å². The molecule has 0 saturated heterocycles. The van der Waals surface area contributed by atoms with Gasteiger partial charge in [-0.25, -0.2) is 4.58 Å². The first-order valence-corrected chi connectivity index (χ1v) is 16.1. The number of thiocarbonyl (C=S) groups is 1. The standard InChI is InChI=1S/C27H31N2O.C8H16N2OS.CH5N/c1-5-28(6-2)21-14-16-23-25(18-21)30-26-19-22(29(7-3)8-4)15-17-24(26)27(23)20-12-10-9-11-13-20;1-11-8(12)6-4-2-3-5-7(9)10;1-2/h9-19H,5-8H2,1-4H3;2-6H2,1H3,(H3,9,10);2H2,1H3/q+1;;. The van der Waals surface area contributed by atoms with E-state index in [2.05, 4.69) is 110 Å². The Morgan fingerprint density at radius 3 is 2.14 bits per heavy atom. The van der Waals surface area contributed by atoms with Crippen molar-refractivity contribution in [1.29, 1.82) is 5.41 Å². The Bertz CT molecular complexity index is 1490. The Kier molecular flexibility index (Phi) is 16.2. The predicted molar refractivity (Wildman–Crippen MR) is 193 cm³/mol. The van der Waals surface area contributed by atoms with Gasteiger partial charge in [-0.15, -0.1) is 0 Å². The molecule has 8 heteroatoms. The molecule has 0 radical (unpaired) electrons. The average molecular weight is 619 g/mol. The normalized spacial score (nSPS) is 10.3. The highest BCUT2D eigenvalue weighted by atomic mass is 32.1. The SMILES string of the molecule is CCN(CC)c1ccc2c(-c3ccccc3)c3ccc(=[N+](CC)CC)cc-3oc2c1.CN.COC(=S)CCCCCC(=N)N. The molecule has 0 amide bonds. The largest absolute Gasteiger partial charge is 0.490 e. The van der Waals surface area contributed by atoms with Crippen molar-refractivity contribution < 1.29 is 9.15 Å². The van der Waals surface area contributed by atoms with Gasteiger partial charge in [0.2, 0.25) is 5.36 Å². The van der Waals surface area contributed by atoms with Gasteiger partial charge in [0.25, 0.3) is 0 Å². The van der Waals surface area contributed by atoms with Crippen molar-refractivity contribution in [3.05, 3.63) is 72.1 Å². The van der Waals surface area contributed by atoms with Crippen LogP contribution in [0.1, 0.15) is 59.8 Å². The van der Waals surface area contributed by atoms with E-state index in [1.807, 2.05) is 0 Å². The minimum Gasteiger partial charge on any atom is -0.490 e. The van der Waals surface area contributed by atoms with Crippen LogP contribution in [0.2, 0.25) is 0 Å². The molecule has 0 aromatic heterocycles. The lowest BCUT2D eigenvalue weighted by Crippen LogP contribution is -2.29. The molecule has 44 heavy (non-hydrogen) atoms. The van der Waals surface area contributed by atoms with E-state index in [4.69, 9.17) is 32.5 Å². The minimum absolute atomic E-state index is 0.268. The third-order valence-electron chi connectivity index (χ3n) is 7.56. The van der Waals surface area contributed by atoms with Crippen molar-refractivity contribution in [3.8, 4) is 22.5 Å². The Hall–Kier alpha value is -3.75. The van der Waals surface area contributed by atoms with Crippen LogP contribution in [0.4, 0.5) is 5.69 Å². The van der Waals surface area contributed by atoms with E-state index < -0.39 is 0 Å². The van der Waals surface area contributed by atoms with E-state index in [9.17, 15) is 0 Å². The number of nitrogens with zero attached hydrogens (tertiary/aromatic N) is 2. The predicted octanol–water partition coefficient (Wildman–Crippen LogP) is 7.28. The van der Waals surface area contributed by atoms with Crippen molar-refractivity contribution in [1.82, 2.24) is 4.58 Å². The van der Waals surface area contributed by atoms with Crippen LogP contribution >= 0.6 is 12.2 Å². The molecule has 0 spiro atoms. The van der Waals surface area contributed by atoms with Gasteiger partial charge in [0.15, 0.2) is 5.05 Å². The molecule has 2 aromatic carbocycles. The number of rotatable bonds is 12. The molecule has 0 saturated carbocycles. The second kappa shape index (κ2) is 19.5. The first-order chi connectivity index (χ1) is 21.4. The van der Waals surface area contributed by atoms with E-state index in [-0.39, 0.29) is 5.84 Å². The summed E-state index contributed by atoms with van der Waals surface area (Å²) in [5, 5.41) is 10.00. The molecular formula is C36H52N5O2S+. The van der Waals surface area contributed by atoms with Crippen LogP contribution < -0.4 is 26.3 Å². The summed E-state index contributed by atoms with van der Waals surface area (Å²) in [7, 11) is 3.10. The van der Waals surface area contributed by atoms with Gasteiger partial charge in [-0.1, -0.05) is 36.8 Å². The molecular weight excluding hydrogens is 566 g/mol. The smallest absolute Gasteiger partial charge is 0.203 e. The number of methoxy groups -OCH3 is 1. The maximum atomic E-state index is 6.98. The van der Waals surface area contributed by atoms with Gasteiger partial charge >= 0.3 is 0 Å². The maximum Gasteiger partial charge on any atom is 0.203 e. The van der Waals surface area contributed by atoms with Crippen molar-refractivity contribution >= 4 is 39.8 Å². The Morgan fingerprint density at radius 1 is 0.886 bits per heavy atom. The van der Waals surface area contributed by atoms with E-state index in [0.29, 0.717) is 11.5 Å². The zero-order chi connectivity index (χ0) is 32.5. The second-order valence-corrected chi connectivity index (χ2v) is 10.7. The van der Waals surface area contributed by atoms with Crippen LogP contribution in [-0.4, -0.2) is 51.2 Å². The molecule has 0 bridgehead atoms. The summed E-state index contributed by atoms with van der Waals surface area (Å²) in [5.41, 5.74) is 15.4. The zero-order valence-electron chi connectivity index (χ0n) is 27.5. The zero-order valence-corrected chi connectivity index (χ0v) is 28.3. The summed E-state index contributed by atoms with van der Waals surface area (Å²) in [5.74, 6) is 1.20. The number of nitrogens with two attached hydrogens (primary N) is 2. The number of nitrogens with one attached hydrogen (secondary N) is 1. The monoisotopic (exact) mass is 618 g/mol. The number of ether oxygens (including phenoxy) is 1. The second-order valence-electron chi connectivity index (χ2n) is 10.2. The summed E-state index contributed by atoms with van der Waals surface area (Å²) < 4.78 is 13.7. The molecule has 1 aliphatic carbocycles. The number of benzene rings is 3. The number of unbranched alkanes of at least 4 members (excludes halogenated alkanes) is 2. The summed E-state index contributed by atoms with van der Waals surface area (Å²) in [6.45, 7) is 12.7. The third kappa shape index (κ3) is 10.2. The Labute approximate surface area is 269 Å². The third-order valence-corrected chi connectivity index (χ3v) is 7.93. The molecule has 0 unspecified atom stereocenters. The number of hydrogen-bond acceptors (Lipinski definition) is 6. The molecule has 0 atom stereocenters. The Morgan fingerprint density at radius 2 is 1.55 bits per heavy atom. The number of anilines is 1. The van der Waals surface area contributed by atoms with Gasteiger partial charge in [0.1, 0.15) is 24.4 Å². The highest BCUT2D eigenvalue weighted by Crippen LogP contribution is 2.40. The van der Waals surface area contributed by atoms with Crippen LogP contribution in [0.5, 0.6) is 0 Å². The van der Waals surface area contributed by atoms with Crippen LogP contribution in [0.15, 0.2) is 71.1 Å². The van der Waals surface area contributed by atoms with E-state index in [1.54, 1.807) is 7.11 Å². The topological polar surface area (TPSA) is 105 Å². The van der Waals surface area contributed by atoms with Crippen LogP contribution in [0.25, 0.3) is 33.4 Å². The van der Waals surface area contributed by atoms with Crippen LogP contribution in [-0.2, 0) is 4.74 Å². The number of amidine groups is 1. The first-order valence-electron chi connectivity index (χ1n) is 15.7. The molecule has 5 N–H and O–H groups in total. The number of fused-ring (bicyclic) bond motifs is 2. The molecule has 2 aliphatic rings. The van der Waals surface area contributed by atoms with Gasteiger partial charge in [-0.3, -0.25) is 5.41 Å². The lowest BCUT2D eigenvalue weighted by atomic mass is 9.93. The van der Waals surface area contributed by atoms with Gasteiger partial charge in [0.05, 0.1) is 19.0 Å². The van der Waals surface area contributed by atoms with Crippen molar-refractivity contribution in [2.45, 2.75) is 59.8 Å². The van der Waals surface area contributed by atoms with E-state index >= 15 is 0 Å². The first kappa shape index (κ1) is 36.4.